The lowest BCUT2D eigenvalue weighted by atomic mass is 9.64. The fraction of sp³-hybridized carbons (Fsp3) is 1.00. The van der Waals surface area contributed by atoms with Crippen molar-refractivity contribution in [3.8, 4) is 0 Å². The first-order valence-electron chi connectivity index (χ1n) is 10.0. The van der Waals surface area contributed by atoms with Gasteiger partial charge in [0.25, 0.3) is 0 Å². The number of fused-ring (bicyclic) bond motifs is 3. The first-order valence-corrected chi connectivity index (χ1v) is 10.0. The molecular weight excluding hydrogens is 266 g/mol. The highest BCUT2D eigenvalue weighted by molar-refractivity contribution is 5.07. The summed E-state index contributed by atoms with van der Waals surface area (Å²) >= 11 is 0. The van der Waals surface area contributed by atoms with Crippen LogP contribution < -0.4 is 0 Å². The van der Waals surface area contributed by atoms with E-state index in [0.717, 1.165) is 23.9 Å². The summed E-state index contributed by atoms with van der Waals surface area (Å²) in [5.41, 5.74) is 0.727. The van der Waals surface area contributed by atoms with Crippen LogP contribution in [0.25, 0.3) is 0 Å². The van der Waals surface area contributed by atoms with Gasteiger partial charge in [0.2, 0.25) is 0 Å². The van der Waals surface area contributed by atoms with E-state index in [0.29, 0.717) is 16.9 Å². The molecule has 5 atom stereocenters. The molecule has 2 saturated carbocycles. The molecule has 1 heteroatoms. The first-order chi connectivity index (χ1) is 10.2. The lowest BCUT2D eigenvalue weighted by Crippen LogP contribution is -2.54. The Labute approximate surface area is 139 Å². The SMILES string of the molecule is CC(N1C2CCCCC2C2CCCCC21)C(C)(C)C(C)(C)C. The molecule has 0 radical (unpaired) electrons. The lowest BCUT2D eigenvalue weighted by molar-refractivity contribution is -0.0248. The van der Waals surface area contributed by atoms with Crippen molar-refractivity contribution in [3.05, 3.63) is 0 Å². The lowest BCUT2D eigenvalue weighted by Gasteiger charge is -2.51. The molecule has 0 spiro atoms. The molecule has 1 nitrogen and oxygen atoms in total. The minimum atomic E-state index is 0.362. The number of likely N-dealkylation sites (tertiary alicyclic amines) is 1. The molecule has 5 unspecified atom stereocenters. The monoisotopic (exact) mass is 305 g/mol. The zero-order valence-corrected chi connectivity index (χ0v) is 16.0. The fourth-order valence-electron chi connectivity index (χ4n) is 5.84. The summed E-state index contributed by atoms with van der Waals surface area (Å²) in [6.45, 7) is 14.9. The zero-order valence-electron chi connectivity index (χ0n) is 16.0. The number of hydrogen-bond donors (Lipinski definition) is 0. The normalized spacial score (nSPS) is 38.5. The number of rotatable bonds is 2. The third-order valence-corrected chi connectivity index (χ3v) is 8.30. The third-order valence-electron chi connectivity index (χ3n) is 8.30. The fourth-order valence-corrected chi connectivity index (χ4v) is 5.84. The predicted molar refractivity (Wildman–Crippen MR) is 96.0 cm³/mol. The highest BCUT2D eigenvalue weighted by Gasteiger charge is 2.54. The van der Waals surface area contributed by atoms with Gasteiger partial charge in [0.1, 0.15) is 0 Å². The van der Waals surface area contributed by atoms with Crippen LogP contribution >= 0.6 is 0 Å². The Morgan fingerprint density at radius 3 is 1.55 bits per heavy atom. The Balaban J connectivity index is 1.90. The van der Waals surface area contributed by atoms with Crippen LogP contribution in [0.1, 0.15) is 92.9 Å². The van der Waals surface area contributed by atoms with Crippen LogP contribution in [-0.4, -0.2) is 23.0 Å². The molecule has 22 heavy (non-hydrogen) atoms. The molecule has 2 aliphatic carbocycles. The second-order valence-corrected chi connectivity index (χ2v) is 10.1. The average molecular weight is 306 g/mol. The Kier molecular flexibility index (Phi) is 4.43. The molecule has 0 aromatic rings. The molecular formula is C21H39N. The van der Waals surface area contributed by atoms with Gasteiger partial charge in [-0.3, -0.25) is 4.90 Å². The van der Waals surface area contributed by atoms with E-state index < -0.39 is 0 Å². The van der Waals surface area contributed by atoms with Gasteiger partial charge in [-0.15, -0.1) is 0 Å². The van der Waals surface area contributed by atoms with Crippen LogP contribution in [0.2, 0.25) is 0 Å². The quantitative estimate of drug-likeness (QED) is 0.615. The smallest absolute Gasteiger partial charge is 0.0133 e. The van der Waals surface area contributed by atoms with Gasteiger partial charge in [-0.25, -0.2) is 0 Å². The first kappa shape index (κ1) is 16.8. The van der Waals surface area contributed by atoms with Gasteiger partial charge in [-0.1, -0.05) is 60.3 Å². The summed E-state index contributed by atoms with van der Waals surface area (Å²) in [4.78, 5) is 3.05. The van der Waals surface area contributed by atoms with E-state index in [1.165, 1.54) is 51.4 Å². The molecule has 3 fully saturated rings. The van der Waals surface area contributed by atoms with Crippen molar-refractivity contribution in [3.63, 3.8) is 0 Å². The van der Waals surface area contributed by atoms with Crippen molar-refractivity contribution in [1.82, 2.24) is 4.90 Å². The maximum Gasteiger partial charge on any atom is 0.0133 e. The largest absolute Gasteiger partial charge is 0.294 e. The molecule has 0 amide bonds. The van der Waals surface area contributed by atoms with Gasteiger partial charge in [-0.2, -0.15) is 0 Å². The summed E-state index contributed by atoms with van der Waals surface area (Å²) in [5.74, 6) is 2.05. The van der Waals surface area contributed by atoms with Crippen molar-refractivity contribution in [2.45, 2.75) is 111 Å². The van der Waals surface area contributed by atoms with E-state index in [9.17, 15) is 0 Å². The zero-order chi connectivity index (χ0) is 16.1. The van der Waals surface area contributed by atoms with E-state index in [-0.39, 0.29) is 0 Å². The van der Waals surface area contributed by atoms with Crippen molar-refractivity contribution < 1.29 is 0 Å². The van der Waals surface area contributed by atoms with Crippen molar-refractivity contribution in [2.75, 3.05) is 0 Å². The maximum atomic E-state index is 3.05. The Hall–Kier alpha value is -0.0400. The molecule has 0 bridgehead atoms. The van der Waals surface area contributed by atoms with Gasteiger partial charge < -0.3 is 0 Å². The van der Waals surface area contributed by atoms with E-state index in [2.05, 4.69) is 46.4 Å². The number of hydrogen-bond acceptors (Lipinski definition) is 1. The van der Waals surface area contributed by atoms with Crippen LogP contribution in [-0.2, 0) is 0 Å². The predicted octanol–water partition coefficient (Wildman–Crippen LogP) is 5.88. The molecule has 1 aliphatic heterocycles. The summed E-state index contributed by atoms with van der Waals surface area (Å²) < 4.78 is 0. The Morgan fingerprint density at radius 2 is 1.14 bits per heavy atom. The van der Waals surface area contributed by atoms with Crippen molar-refractivity contribution >= 4 is 0 Å². The molecule has 128 valence electrons. The molecule has 0 aromatic heterocycles. The summed E-state index contributed by atoms with van der Waals surface area (Å²) in [5, 5.41) is 0. The minimum absolute atomic E-state index is 0.362. The van der Waals surface area contributed by atoms with Crippen LogP contribution in [0.3, 0.4) is 0 Å². The minimum Gasteiger partial charge on any atom is -0.294 e. The summed E-state index contributed by atoms with van der Waals surface area (Å²) in [6, 6.07) is 2.50. The number of nitrogens with zero attached hydrogens (tertiary/aromatic N) is 1. The van der Waals surface area contributed by atoms with Crippen LogP contribution in [0.5, 0.6) is 0 Å². The average Bonchev–Trinajstić information content (AvgIpc) is 2.80. The van der Waals surface area contributed by atoms with Gasteiger partial charge in [0.05, 0.1) is 0 Å². The Morgan fingerprint density at radius 1 is 0.727 bits per heavy atom. The van der Waals surface area contributed by atoms with Gasteiger partial charge >= 0.3 is 0 Å². The Bertz CT molecular complexity index is 369. The topological polar surface area (TPSA) is 3.24 Å². The standard InChI is InChI=1S/C21H39N/c1-15(21(5,6)20(2,3)4)22-18-13-9-7-11-16(18)17-12-8-10-14-19(17)22/h15-19H,7-14H2,1-6H3. The van der Waals surface area contributed by atoms with E-state index in [1.807, 2.05) is 0 Å². The molecule has 1 heterocycles. The highest BCUT2D eigenvalue weighted by Crippen LogP contribution is 2.53. The summed E-state index contributed by atoms with van der Waals surface area (Å²) in [6.07, 6.45) is 11.9. The van der Waals surface area contributed by atoms with Gasteiger partial charge in [0.15, 0.2) is 0 Å². The van der Waals surface area contributed by atoms with E-state index in [1.54, 1.807) is 0 Å². The second kappa shape index (κ2) is 5.80. The molecule has 0 N–H and O–H groups in total. The van der Waals surface area contributed by atoms with E-state index in [4.69, 9.17) is 0 Å². The third kappa shape index (κ3) is 2.56. The maximum absolute atomic E-state index is 3.05. The molecule has 0 aromatic carbocycles. The van der Waals surface area contributed by atoms with Crippen LogP contribution in [0.4, 0.5) is 0 Å². The highest BCUT2D eigenvalue weighted by atomic mass is 15.3. The van der Waals surface area contributed by atoms with Crippen LogP contribution in [0, 0.1) is 22.7 Å². The second-order valence-electron chi connectivity index (χ2n) is 10.1. The van der Waals surface area contributed by atoms with E-state index >= 15 is 0 Å². The van der Waals surface area contributed by atoms with Crippen molar-refractivity contribution in [2.24, 2.45) is 22.7 Å². The van der Waals surface area contributed by atoms with Crippen molar-refractivity contribution in [1.29, 1.82) is 0 Å². The van der Waals surface area contributed by atoms with Gasteiger partial charge in [-0.05, 0) is 55.3 Å². The molecule has 1 saturated heterocycles. The molecule has 3 rings (SSSR count). The summed E-state index contributed by atoms with van der Waals surface area (Å²) in [7, 11) is 0. The van der Waals surface area contributed by atoms with Crippen LogP contribution in [0.15, 0.2) is 0 Å². The molecule has 3 aliphatic rings. The van der Waals surface area contributed by atoms with Gasteiger partial charge in [0, 0.05) is 18.1 Å².